The van der Waals surface area contributed by atoms with Gasteiger partial charge in [-0.25, -0.2) is 0 Å². The van der Waals surface area contributed by atoms with Gasteiger partial charge < -0.3 is 4.46 Å². The van der Waals surface area contributed by atoms with Crippen LogP contribution in [0.1, 0.15) is 0 Å². The summed E-state index contributed by atoms with van der Waals surface area (Å²) in [6, 6.07) is 0. The fraction of sp³-hybridized carbons (Fsp3) is 0. The summed E-state index contributed by atoms with van der Waals surface area (Å²) in [6.45, 7) is 0. The molecule has 32 valence electrons. The van der Waals surface area contributed by atoms with Crippen LogP contribution in [0.15, 0.2) is 0 Å². The molecule has 0 aliphatic carbocycles. The van der Waals surface area contributed by atoms with E-state index in [-0.39, 0.29) is 34.4 Å². The summed E-state index contributed by atoms with van der Waals surface area (Å²) in [4.78, 5) is 0. The first-order valence-electron chi connectivity index (χ1n) is 0.569. The molecule has 0 aromatic carbocycles. The molecule has 1 nitrogen and oxygen atoms in total. The summed E-state index contributed by atoms with van der Waals surface area (Å²) in [5.41, 5.74) is 0. The summed E-state index contributed by atoms with van der Waals surface area (Å²) < 4.78 is 8.98. The zero-order valence-corrected chi connectivity index (χ0v) is 5.33. The van der Waals surface area contributed by atoms with E-state index in [9.17, 15) is 0 Å². The largest absolute Gasteiger partial charge is 0.387 e. The van der Waals surface area contributed by atoms with Gasteiger partial charge in [0.2, 0.25) is 0 Å². The minimum Gasteiger partial charge on any atom is -0.387 e. The second-order valence-corrected chi connectivity index (χ2v) is 1.22. The van der Waals surface area contributed by atoms with Crippen LogP contribution in [-0.4, -0.2) is 26.4 Å². The quantitative estimate of drug-likeness (QED) is 0.310. The number of rotatable bonds is 0. The molecule has 1 atom stereocenters. The minimum absolute atomic E-state index is 0. The molecule has 0 radical (unpaired) electrons. The molecule has 0 aromatic heterocycles. The zero-order valence-electron chi connectivity index (χ0n) is 1.92. The molecule has 0 spiro atoms. The van der Waals surface area contributed by atoms with Crippen molar-refractivity contribution < 1.29 is 21.5 Å². The van der Waals surface area contributed by atoms with Gasteiger partial charge in [-0.15, -0.1) is 0 Å². The van der Waals surface area contributed by atoms with Gasteiger partial charge in [0.05, 0.1) is 0 Å². The molecule has 5 heavy (non-hydrogen) atoms. The van der Waals surface area contributed by atoms with Crippen LogP contribution >= 0.6 is 8.79 Å². The monoisotopic (exact) mass is 164 g/mol. The van der Waals surface area contributed by atoms with E-state index in [4.69, 9.17) is 4.46 Å². The SMILES string of the molecule is O=[SiH]P.[AlH3].[Fe]. The van der Waals surface area contributed by atoms with Crippen molar-refractivity contribution in [2.75, 3.05) is 0 Å². The van der Waals surface area contributed by atoms with Gasteiger partial charge in [0.1, 0.15) is 0 Å². The first-order valence-corrected chi connectivity index (χ1v) is 3.71. The average molecular weight is 164 g/mol. The summed E-state index contributed by atoms with van der Waals surface area (Å²) >= 11 is 0. The maximum atomic E-state index is 8.98. The summed E-state index contributed by atoms with van der Waals surface area (Å²) in [7, 11) is 1.52. The molecule has 0 amide bonds. The van der Waals surface area contributed by atoms with E-state index in [0.717, 1.165) is 0 Å². The second kappa shape index (κ2) is 17.8. The van der Waals surface area contributed by atoms with Crippen molar-refractivity contribution in [1.82, 2.24) is 0 Å². The van der Waals surface area contributed by atoms with Gasteiger partial charge in [-0.1, -0.05) is 8.79 Å². The summed E-state index contributed by atoms with van der Waals surface area (Å²) in [5.74, 6) is 0. The molecule has 0 heterocycles. The van der Waals surface area contributed by atoms with Crippen LogP contribution in [0.4, 0.5) is 0 Å². The van der Waals surface area contributed by atoms with E-state index in [1.54, 1.807) is 0 Å². The molecule has 0 aromatic rings. The Morgan fingerprint density at radius 3 is 1.60 bits per heavy atom. The van der Waals surface area contributed by atoms with Gasteiger partial charge in [0.15, 0.2) is 17.4 Å². The van der Waals surface area contributed by atoms with Crippen molar-refractivity contribution in [3.63, 3.8) is 0 Å². The molecular formula is H6AlFeOPSi. The van der Waals surface area contributed by atoms with Crippen LogP contribution in [0.2, 0.25) is 0 Å². The fourth-order valence-corrected chi connectivity index (χ4v) is 0. The Labute approximate surface area is 56.8 Å². The first-order chi connectivity index (χ1) is 1.41. The Morgan fingerprint density at radius 2 is 1.60 bits per heavy atom. The maximum Gasteiger partial charge on any atom is 0.282 e. The van der Waals surface area contributed by atoms with Crippen LogP contribution in [0, 0.1) is 0 Å². The minimum atomic E-state index is -0.583. The van der Waals surface area contributed by atoms with Crippen molar-refractivity contribution in [3.8, 4) is 0 Å². The molecule has 0 saturated heterocycles. The van der Waals surface area contributed by atoms with Crippen molar-refractivity contribution in [2.24, 2.45) is 0 Å². The van der Waals surface area contributed by atoms with E-state index in [1.807, 2.05) is 0 Å². The van der Waals surface area contributed by atoms with E-state index in [1.165, 1.54) is 0 Å². The van der Waals surface area contributed by atoms with Crippen LogP contribution in [0.25, 0.3) is 0 Å². The first kappa shape index (κ1) is 16.1. The molecule has 0 aliphatic heterocycles. The number of hydrogen-bond acceptors (Lipinski definition) is 1. The summed E-state index contributed by atoms with van der Waals surface area (Å²) in [6.07, 6.45) is 0. The molecule has 0 aliphatic rings. The molecule has 0 bridgehead atoms. The Balaban J connectivity index is -0.0000000200. The van der Waals surface area contributed by atoms with Crippen LogP contribution in [0.5, 0.6) is 0 Å². The van der Waals surface area contributed by atoms with E-state index in [2.05, 4.69) is 8.79 Å². The fourth-order valence-electron chi connectivity index (χ4n) is 0. The van der Waals surface area contributed by atoms with Gasteiger partial charge in [-0.05, 0) is 0 Å². The Kier molecular flexibility index (Phi) is 57.2. The summed E-state index contributed by atoms with van der Waals surface area (Å²) in [5, 5.41) is 0. The third-order valence-electron chi connectivity index (χ3n) is 0. The Bertz CT molecular complexity index is 19.1. The smallest absolute Gasteiger partial charge is 0.282 e. The van der Waals surface area contributed by atoms with E-state index >= 15 is 0 Å². The molecule has 0 saturated carbocycles. The predicted molar refractivity (Wildman–Crippen MR) is 27.5 cm³/mol. The standard InChI is InChI=1S/Al.Fe.H3OPSi.3H/c;;1-3-2;;;/h;;3H,2H2;;;. The molecule has 0 rings (SSSR count). The van der Waals surface area contributed by atoms with Gasteiger partial charge in [0.25, 0.3) is 9.07 Å². The van der Waals surface area contributed by atoms with Crippen molar-refractivity contribution in [2.45, 2.75) is 0 Å². The normalized spacial score (nSPS) is 2.60. The Morgan fingerprint density at radius 1 is 1.60 bits per heavy atom. The van der Waals surface area contributed by atoms with Crippen LogP contribution < -0.4 is 0 Å². The van der Waals surface area contributed by atoms with E-state index < -0.39 is 9.07 Å². The predicted octanol–water partition coefficient (Wildman–Crippen LogP) is -1.63. The van der Waals surface area contributed by atoms with E-state index in [0.29, 0.717) is 0 Å². The average Bonchev–Trinajstić information content (AvgIpc) is 0.918. The third-order valence-corrected chi connectivity index (χ3v) is 0. The van der Waals surface area contributed by atoms with Crippen LogP contribution in [-0.2, 0) is 21.5 Å². The second-order valence-electron chi connectivity index (χ2n) is 0.136. The van der Waals surface area contributed by atoms with Crippen LogP contribution in [0.3, 0.4) is 0 Å². The van der Waals surface area contributed by atoms with Crippen molar-refractivity contribution in [1.29, 1.82) is 0 Å². The van der Waals surface area contributed by atoms with Crippen molar-refractivity contribution >= 4 is 35.2 Å². The Hall–Kier alpha value is 1.50. The zero-order chi connectivity index (χ0) is 2.71. The molecule has 0 fully saturated rings. The molecule has 0 N–H and O–H groups in total. The topological polar surface area (TPSA) is 17.1 Å². The molecular weight excluding hydrogens is 158 g/mol. The maximum absolute atomic E-state index is 8.98. The number of hydrogen-bond donors (Lipinski definition) is 0. The van der Waals surface area contributed by atoms with Gasteiger partial charge >= 0.3 is 0 Å². The van der Waals surface area contributed by atoms with Gasteiger partial charge in [0, 0.05) is 17.1 Å². The van der Waals surface area contributed by atoms with Gasteiger partial charge in [-0.3, -0.25) is 0 Å². The van der Waals surface area contributed by atoms with Gasteiger partial charge in [-0.2, -0.15) is 0 Å². The molecule has 1 unspecified atom stereocenters. The molecule has 5 heteroatoms. The van der Waals surface area contributed by atoms with Crippen molar-refractivity contribution in [3.05, 3.63) is 0 Å². The third kappa shape index (κ3) is 30.0.